The van der Waals surface area contributed by atoms with E-state index in [-0.39, 0.29) is 12.1 Å². The number of ether oxygens (including phenoxy) is 2. The van der Waals surface area contributed by atoms with Crippen molar-refractivity contribution < 1.29 is 9.47 Å². The molecule has 6 nitrogen and oxygen atoms in total. The molecule has 1 aromatic carbocycles. The van der Waals surface area contributed by atoms with Gasteiger partial charge in [-0.15, -0.1) is 0 Å². The van der Waals surface area contributed by atoms with Gasteiger partial charge in [0, 0.05) is 48.4 Å². The quantitative estimate of drug-likeness (QED) is 0.670. The summed E-state index contributed by atoms with van der Waals surface area (Å²) in [5.41, 5.74) is 3.42. The largest absolute Gasteiger partial charge is 0.493 e. The Labute approximate surface area is 188 Å². The molecular weight excluding hydrogens is 408 g/mol. The van der Waals surface area contributed by atoms with Gasteiger partial charge >= 0.3 is 0 Å². The first-order chi connectivity index (χ1) is 15.3. The van der Waals surface area contributed by atoms with Crippen LogP contribution in [0.2, 0.25) is 0 Å². The summed E-state index contributed by atoms with van der Waals surface area (Å²) in [6.45, 7) is 8.34. The van der Waals surface area contributed by atoms with Gasteiger partial charge < -0.3 is 19.3 Å². The molecule has 31 heavy (non-hydrogen) atoms. The number of pyridine rings is 1. The van der Waals surface area contributed by atoms with Gasteiger partial charge in [-0.1, -0.05) is 30.8 Å². The number of fused-ring (bicyclic) bond motifs is 1. The van der Waals surface area contributed by atoms with Crippen LogP contribution in [0.5, 0.6) is 5.75 Å². The zero-order valence-electron chi connectivity index (χ0n) is 18.2. The third kappa shape index (κ3) is 3.89. The second kappa shape index (κ2) is 9.09. The molecule has 0 aliphatic carbocycles. The van der Waals surface area contributed by atoms with Gasteiger partial charge in [0.25, 0.3) is 0 Å². The second-order valence-corrected chi connectivity index (χ2v) is 9.08. The summed E-state index contributed by atoms with van der Waals surface area (Å²) in [5, 5.41) is 1.15. The molecule has 2 fully saturated rings. The summed E-state index contributed by atoms with van der Waals surface area (Å²) in [5.74, 6) is 2.05. The zero-order valence-corrected chi connectivity index (χ0v) is 19.1. The summed E-state index contributed by atoms with van der Waals surface area (Å²) in [7, 11) is 0. The number of aliphatic imine (C=N–C) groups is 1. The van der Waals surface area contributed by atoms with Crippen molar-refractivity contribution in [2.45, 2.75) is 38.4 Å². The van der Waals surface area contributed by atoms with Crippen molar-refractivity contribution in [2.24, 2.45) is 4.99 Å². The third-order valence-corrected chi connectivity index (χ3v) is 7.45. The molecule has 1 aromatic heterocycles. The Hall–Kier alpha value is -2.25. The van der Waals surface area contributed by atoms with Gasteiger partial charge in [0.1, 0.15) is 11.8 Å². The molecule has 0 N–H and O–H groups in total. The maximum absolute atomic E-state index is 6.22. The Morgan fingerprint density at radius 2 is 2.03 bits per heavy atom. The minimum Gasteiger partial charge on any atom is -0.493 e. The fourth-order valence-corrected chi connectivity index (χ4v) is 6.09. The van der Waals surface area contributed by atoms with Crippen molar-refractivity contribution in [3.8, 4) is 5.75 Å². The van der Waals surface area contributed by atoms with E-state index in [1.165, 1.54) is 11.3 Å². The third-order valence-electron chi connectivity index (χ3n) is 6.32. The van der Waals surface area contributed by atoms with E-state index in [1.807, 2.05) is 24.0 Å². The number of aromatic nitrogens is 1. The van der Waals surface area contributed by atoms with Crippen LogP contribution in [0.15, 0.2) is 47.6 Å². The Balaban J connectivity index is 1.56. The lowest BCUT2D eigenvalue weighted by Gasteiger charge is -2.34. The highest BCUT2D eigenvalue weighted by atomic mass is 32.2. The molecule has 0 spiro atoms. The van der Waals surface area contributed by atoms with Gasteiger partial charge in [0.2, 0.25) is 0 Å². The SMILES string of the molecule is CCOc1cc(N2CCOCC2)ccc1[C@H]1[C@H](c2ccccn2)N=C2SC[C@@H](CC)N21. The lowest BCUT2D eigenvalue weighted by Crippen LogP contribution is -2.37. The number of nitrogens with zero attached hydrogens (tertiary/aromatic N) is 4. The van der Waals surface area contributed by atoms with Crippen molar-refractivity contribution in [2.75, 3.05) is 43.6 Å². The maximum atomic E-state index is 6.22. The Bertz CT molecular complexity index is 932. The molecule has 4 heterocycles. The van der Waals surface area contributed by atoms with Gasteiger partial charge in [-0.3, -0.25) is 9.98 Å². The average molecular weight is 439 g/mol. The second-order valence-electron chi connectivity index (χ2n) is 8.09. The van der Waals surface area contributed by atoms with Crippen LogP contribution in [0.1, 0.15) is 43.6 Å². The average Bonchev–Trinajstić information content (AvgIpc) is 3.40. The van der Waals surface area contributed by atoms with E-state index in [9.17, 15) is 0 Å². The highest BCUT2D eigenvalue weighted by Gasteiger charge is 2.46. The fraction of sp³-hybridized carbons (Fsp3) is 0.500. The lowest BCUT2D eigenvalue weighted by atomic mass is 9.94. The first kappa shape index (κ1) is 20.6. The summed E-state index contributed by atoms with van der Waals surface area (Å²) in [6, 6.07) is 13.4. The predicted octanol–water partition coefficient (Wildman–Crippen LogP) is 4.30. The number of morpholine rings is 1. The van der Waals surface area contributed by atoms with Crippen molar-refractivity contribution in [3.05, 3.63) is 53.9 Å². The van der Waals surface area contributed by atoms with E-state index in [1.54, 1.807) is 0 Å². The standard InChI is InChI=1S/C24H30N4O2S/c1-3-17-16-31-24-26-22(20-7-5-6-10-25-20)23(28(17)24)19-9-8-18(15-21(19)30-4-2)27-11-13-29-14-12-27/h5-10,15,17,22-23H,3-4,11-14,16H2,1-2H3/t17-,22+,23+/m1/s1. The van der Waals surface area contributed by atoms with Gasteiger partial charge in [-0.2, -0.15) is 0 Å². The highest BCUT2D eigenvalue weighted by molar-refractivity contribution is 8.14. The van der Waals surface area contributed by atoms with Crippen LogP contribution in [-0.4, -0.2) is 59.8 Å². The smallest absolute Gasteiger partial charge is 0.160 e. The molecule has 3 aliphatic rings. The molecule has 164 valence electrons. The number of amidine groups is 1. The maximum Gasteiger partial charge on any atom is 0.160 e. The molecule has 0 unspecified atom stereocenters. The highest BCUT2D eigenvalue weighted by Crippen LogP contribution is 2.50. The first-order valence-electron chi connectivity index (χ1n) is 11.3. The van der Waals surface area contributed by atoms with Gasteiger partial charge in [-0.05, 0) is 31.5 Å². The number of rotatable bonds is 6. The van der Waals surface area contributed by atoms with E-state index in [0.29, 0.717) is 12.6 Å². The number of thioether (sulfide) groups is 1. The molecule has 2 aromatic rings. The molecule has 7 heteroatoms. The molecule has 0 amide bonds. The van der Waals surface area contributed by atoms with Crippen LogP contribution in [0.25, 0.3) is 0 Å². The summed E-state index contributed by atoms with van der Waals surface area (Å²) in [6.07, 6.45) is 2.97. The fourth-order valence-electron chi connectivity index (χ4n) is 4.75. The van der Waals surface area contributed by atoms with Crippen LogP contribution in [-0.2, 0) is 4.74 Å². The predicted molar refractivity (Wildman–Crippen MR) is 126 cm³/mol. The molecule has 3 atom stereocenters. The van der Waals surface area contributed by atoms with E-state index < -0.39 is 0 Å². The molecule has 3 aliphatic heterocycles. The van der Waals surface area contributed by atoms with E-state index in [0.717, 1.165) is 55.1 Å². The van der Waals surface area contributed by atoms with Crippen molar-refractivity contribution in [1.29, 1.82) is 0 Å². The number of hydrogen-bond acceptors (Lipinski definition) is 7. The van der Waals surface area contributed by atoms with E-state index >= 15 is 0 Å². The summed E-state index contributed by atoms with van der Waals surface area (Å²) in [4.78, 5) is 14.7. The number of hydrogen-bond donors (Lipinski definition) is 0. The van der Waals surface area contributed by atoms with Gasteiger partial charge in [-0.25, -0.2) is 0 Å². The van der Waals surface area contributed by atoms with Crippen molar-refractivity contribution in [3.63, 3.8) is 0 Å². The topological polar surface area (TPSA) is 50.2 Å². The molecule has 0 radical (unpaired) electrons. The first-order valence-corrected chi connectivity index (χ1v) is 12.3. The zero-order chi connectivity index (χ0) is 21.2. The minimum absolute atomic E-state index is 0.0218. The normalized spacial score (nSPS) is 25.5. The van der Waals surface area contributed by atoms with E-state index in [4.69, 9.17) is 14.5 Å². The van der Waals surface area contributed by atoms with Crippen LogP contribution in [0.4, 0.5) is 5.69 Å². The molecule has 0 saturated carbocycles. The Morgan fingerprint density at radius 1 is 1.16 bits per heavy atom. The van der Waals surface area contributed by atoms with Crippen LogP contribution in [0, 0.1) is 0 Å². The van der Waals surface area contributed by atoms with E-state index in [2.05, 4.69) is 59.0 Å². The van der Waals surface area contributed by atoms with Crippen molar-refractivity contribution >= 4 is 22.6 Å². The van der Waals surface area contributed by atoms with Crippen molar-refractivity contribution in [1.82, 2.24) is 9.88 Å². The Morgan fingerprint density at radius 3 is 2.77 bits per heavy atom. The number of benzene rings is 1. The molecule has 0 bridgehead atoms. The van der Waals surface area contributed by atoms with Crippen LogP contribution < -0.4 is 9.64 Å². The monoisotopic (exact) mass is 438 g/mol. The molecule has 2 saturated heterocycles. The van der Waals surface area contributed by atoms with Crippen LogP contribution >= 0.6 is 11.8 Å². The molecule has 5 rings (SSSR count). The number of anilines is 1. The Kier molecular flexibility index (Phi) is 6.05. The minimum atomic E-state index is -0.0218. The van der Waals surface area contributed by atoms with Gasteiger partial charge in [0.05, 0.1) is 31.6 Å². The van der Waals surface area contributed by atoms with Gasteiger partial charge in [0.15, 0.2) is 5.17 Å². The summed E-state index contributed by atoms with van der Waals surface area (Å²) < 4.78 is 11.8. The summed E-state index contributed by atoms with van der Waals surface area (Å²) >= 11 is 1.87. The van der Waals surface area contributed by atoms with Crippen LogP contribution in [0.3, 0.4) is 0 Å². The lowest BCUT2D eigenvalue weighted by molar-refractivity contribution is 0.122. The molecular formula is C24H30N4O2S.